The fraction of sp³-hybridized carbons (Fsp3) is 0.250. The van der Waals surface area contributed by atoms with Gasteiger partial charge in [0.25, 0.3) is 5.91 Å². The number of hydrogen-bond acceptors (Lipinski definition) is 5. The first-order valence-corrected chi connectivity index (χ1v) is 10.6. The number of anilines is 2. The summed E-state index contributed by atoms with van der Waals surface area (Å²) in [5, 5.41) is 2.80. The highest BCUT2D eigenvalue weighted by atomic mass is 32.2. The number of sulfonamides is 1. The molecule has 0 aromatic heterocycles. The molecule has 3 rings (SSSR count). The fourth-order valence-electron chi connectivity index (χ4n) is 2.90. The molecule has 8 heteroatoms. The second-order valence-electron chi connectivity index (χ2n) is 6.31. The van der Waals surface area contributed by atoms with Gasteiger partial charge >= 0.3 is 0 Å². The van der Waals surface area contributed by atoms with Crippen LogP contribution in [0.2, 0.25) is 0 Å². The summed E-state index contributed by atoms with van der Waals surface area (Å²) in [6.45, 7) is 4.11. The van der Waals surface area contributed by atoms with E-state index in [1.807, 2.05) is 0 Å². The Balaban J connectivity index is 1.78. The van der Waals surface area contributed by atoms with Gasteiger partial charge in [0.15, 0.2) is 6.10 Å². The number of rotatable bonds is 6. The third-order valence-corrected chi connectivity index (χ3v) is 5.34. The van der Waals surface area contributed by atoms with Crippen molar-refractivity contribution < 1.29 is 22.7 Å². The maximum Gasteiger partial charge on any atom is 0.265 e. The van der Waals surface area contributed by atoms with Crippen LogP contribution in [0.4, 0.5) is 11.4 Å². The summed E-state index contributed by atoms with van der Waals surface area (Å²) in [7, 11) is -3.49. The Hall–Kier alpha value is -3.00. The summed E-state index contributed by atoms with van der Waals surface area (Å²) >= 11 is 0. The summed E-state index contributed by atoms with van der Waals surface area (Å²) in [6, 6.07) is 13.8. The normalized spacial score (nSPS) is 16.3. The number of nitrogens with zero attached hydrogens (tertiary/aromatic N) is 1. The van der Waals surface area contributed by atoms with Crippen LogP contribution in [0, 0.1) is 0 Å². The molecule has 148 valence electrons. The number of carbonyl (C=O) groups is 1. The van der Waals surface area contributed by atoms with Crippen molar-refractivity contribution in [1.82, 2.24) is 0 Å². The first kappa shape index (κ1) is 19.8. The third-order valence-electron chi connectivity index (χ3n) is 4.16. The van der Waals surface area contributed by atoms with Crippen molar-refractivity contribution in [2.24, 2.45) is 0 Å². The lowest BCUT2D eigenvalue weighted by molar-refractivity contribution is -0.122. The van der Waals surface area contributed by atoms with Crippen LogP contribution < -0.4 is 19.1 Å². The van der Waals surface area contributed by atoms with Crippen molar-refractivity contribution in [3.63, 3.8) is 0 Å². The molecule has 0 radical (unpaired) electrons. The smallest absolute Gasteiger partial charge is 0.265 e. The van der Waals surface area contributed by atoms with Crippen molar-refractivity contribution in [2.75, 3.05) is 29.0 Å². The molecule has 2 aromatic carbocycles. The molecule has 28 heavy (non-hydrogen) atoms. The van der Waals surface area contributed by atoms with Crippen LogP contribution in [0.3, 0.4) is 0 Å². The van der Waals surface area contributed by atoms with Crippen LogP contribution in [0.25, 0.3) is 0 Å². The Morgan fingerprint density at radius 3 is 2.86 bits per heavy atom. The average molecular weight is 402 g/mol. The number of amides is 1. The highest BCUT2D eigenvalue weighted by molar-refractivity contribution is 7.92. The predicted octanol–water partition coefficient (Wildman–Crippen LogP) is 2.81. The van der Waals surface area contributed by atoms with Gasteiger partial charge in [0, 0.05) is 24.7 Å². The summed E-state index contributed by atoms with van der Waals surface area (Å²) < 4.78 is 36.9. The molecule has 0 aliphatic carbocycles. The molecular weight excluding hydrogens is 380 g/mol. The van der Waals surface area contributed by atoms with E-state index in [1.54, 1.807) is 54.6 Å². The van der Waals surface area contributed by atoms with Gasteiger partial charge in [0.05, 0.1) is 11.9 Å². The minimum absolute atomic E-state index is 0.149. The first-order valence-electron chi connectivity index (χ1n) is 8.76. The zero-order valence-electron chi connectivity index (χ0n) is 15.5. The van der Waals surface area contributed by atoms with E-state index in [9.17, 15) is 13.2 Å². The van der Waals surface area contributed by atoms with E-state index >= 15 is 0 Å². The van der Waals surface area contributed by atoms with E-state index in [4.69, 9.17) is 9.47 Å². The van der Waals surface area contributed by atoms with Crippen LogP contribution in [0.15, 0.2) is 61.2 Å². The molecule has 0 bridgehead atoms. The molecule has 0 fully saturated rings. The molecule has 1 aliphatic heterocycles. The first-order chi connectivity index (χ1) is 13.4. The van der Waals surface area contributed by atoms with Crippen molar-refractivity contribution in [1.29, 1.82) is 0 Å². The molecule has 1 amide bonds. The molecule has 0 saturated carbocycles. The maximum atomic E-state index is 12.8. The van der Waals surface area contributed by atoms with E-state index in [2.05, 4.69) is 11.9 Å². The zero-order valence-corrected chi connectivity index (χ0v) is 16.3. The summed E-state index contributed by atoms with van der Waals surface area (Å²) in [6.07, 6.45) is 2.17. The van der Waals surface area contributed by atoms with E-state index in [0.717, 1.165) is 6.26 Å². The number of fused-ring (bicyclic) bond motifs is 1. The minimum Gasteiger partial charge on any atom is -0.489 e. The average Bonchev–Trinajstić information content (AvgIpc) is 2.86. The standard InChI is InChI=1S/C20H22N2O5S/c1-3-13-26-16-8-6-7-15(14-16)21-20(23)19-11-12-22(28(2,24)25)17-9-4-5-10-18(17)27-19/h3-10,14,19H,1,11-13H2,2H3,(H,21,23)/t19-/m1/s1. The van der Waals surface area contributed by atoms with Crippen molar-refractivity contribution in [3.8, 4) is 11.5 Å². The third kappa shape index (κ3) is 4.64. The highest BCUT2D eigenvalue weighted by Crippen LogP contribution is 2.34. The number of benzene rings is 2. The molecular formula is C20H22N2O5S. The Kier molecular flexibility index (Phi) is 5.89. The van der Waals surface area contributed by atoms with Crippen LogP contribution in [0.1, 0.15) is 6.42 Å². The van der Waals surface area contributed by atoms with E-state index in [0.29, 0.717) is 29.5 Å². The fourth-order valence-corrected chi connectivity index (χ4v) is 3.85. The molecule has 1 aliphatic rings. The maximum absolute atomic E-state index is 12.8. The van der Waals surface area contributed by atoms with Gasteiger partial charge < -0.3 is 14.8 Å². The SMILES string of the molecule is C=CCOc1cccc(NC(=O)[C@H]2CCN(S(C)(=O)=O)c3ccccc3O2)c1. The molecule has 0 spiro atoms. The second kappa shape index (κ2) is 8.35. The largest absolute Gasteiger partial charge is 0.489 e. The van der Waals surface area contributed by atoms with Gasteiger partial charge in [0.1, 0.15) is 18.1 Å². The number of para-hydroxylation sites is 2. The van der Waals surface area contributed by atoms with Gasteiger partial charge in [-0.25, -0.2) is 8.42 Å². The van der Waals surface area contributed by atoms with Gasteiger partial charge in [-0.05, 0) is 24.3 Å². The number of carbonyl (C=O) groups excluding carboxylic acids is 1. The van der Waals surface area contributed by atoms with E-state index in [-0.39, 0.29) is 18.9 Å². The van der Waals surface area contributed by atoms with Gasteiger partial charge in [-0.15, -0.1) is 0 Å². The lowest BCUT2D eigenvalue weighted by atomic mass is 10.2. The van der Waals surface area contributed by atoms with E-state index in [1.165, 1.54) is 4.31 Å². The molecule has 7 nitrogen and oxygen atoms in total. The lowest BCUT2D eigenvalue weighted by Gasteiger charge is -2.20. The summed E-state index contributed by atoms with van der Waals surface area (Å²) in [4.78, 5) is 12.8. The number of hydrogen-bond donors (Lipinski definition) is 1. The van der Waals surface area contributed by atoms with Gasteiger partial charge in [-0.1, -0.05) is 30.9 Å². The molecule has 2 aromatic rings. The molecule has 1 N–H and O–H groups in total. The molecule has 0 saturated heterocycles. The molecule has 0 unspecified atom stereocenters. The number of ether oxygens (including phenoxy) is 2. The van der Waals surface area contributed by atoms with Crippen LogP contribution in [0.5, 0.6) is 11.5 Å². The van der Waals surface area contributed by atoms with Crippen LogP contribution in [-0.2, 0) is 14.8 Å². The Morgan fingerprint density at radius 2 is 2.11 bits per heavy atom. The Bertz CT molecular complexity index is 974. The van der Waals surface area contributed by atoms with E-state index < -0.39 is 16.1 Å². The highest BCUT2D eigenvalue weighted by Gasteiger charge is 2.31. The topological polar surface area (TPSA) is 84.9 Å². The predicted molar refractivity (Wildman–Crippen MR) is 108 cm³/mol. The lowest BCUT2D eigenvalue weighted by Crippen LogP contribution is -2.35. The van der Waals surface area contributed by atoms with Gasteiger partial charge in [-0.2, -0.15) is 0 Å². The zero-order chi connectivity index (χ0) is 20.1. The van der Waals surface area contributed by atoms with Gasteiger partial charge in [0.2, 0.25) is 10.0 Å². The van der Waals surface area contributed by atoms with Crippen LogP contribution >= 0.6 is 0 Å². The summed E-state index contributed by atoms with van der Waals surface area (Å²) in [5.74, 6) is 0.604. The quantitative estimate of drug-likeness (QED) is 0.751. The monoisotopic (exact) mass is 402 g/mol. The van der Waals surface area contributed by atoms with Crippen molar-refractivity contribution in [3.05, 3.63) is 61.2 Å². The molecule has 1 atom stereocenters. The van der Waals surface area contributed by atoms with Crippen LogP contribution in [-0.4, -0.2) is 39.8 Å². The number of nitrogens with one attached hydrogen (secondary N) is 1. The summed E-state index contributed by atoms with van der Waals surface area (Å²) in [5.41, 5.74) is 0.993. The minimum atomic E-state index is -3.49. The second-order valence-corrected chi connectivity index (χ2v) is 8.22. The van der Waals surface area contributed by atoms with Crippen molar-refractivity contribution in [2.45, 2.75) is 12.5 Å². The Morgan fingerprint density at radius 1 is 1.32 bits per heavy atom. The molecule has 1 heterocycles. The Labute approximate surface area is 164 Å². The van der Waals surface area contributed by atoms with Crippen molar-refractivity contribution >= 4 is 27.3 Å². The van der Waals surface area contributed by atoms with Gasteiger partial charge in [-0.3, -0.25) is 9.10 Å².